The number of ether oxygens (including phenoxy) is 1. The molecule has 0 aromatic heterocycles. The largest absolute Gasteiger partial charge is 0.452 e. The summed E-state index contributed by atoms with van der Waals surface area (Å²) in [5, 5.41) is 3.20. The number of anilines is 2. The molecule has 0 bridgehead atoms. The van der Waals surface area contributed by atoms with Crippen LogP contribution in [0.15, 0.2) is 72.8 Å². The summed E-state index contributed by atoms with van der Waals surface area (Å²) in [6.45, 7) is -0.532. The summed E-state index contributed by atoms with van der Waals surface area (Å²) in [7, 11) is 0. The molecule has 0 unspecified atom stereocenters. The third kappa shape index (κ3) is 5.30. The van der Waals surface area contributed by atoms with Gasteiger partial charge < -0.3 is 10.1 Å². The lowest BCUT2D eigenvalue weighted by atomic mass is 9.73. The number of imide groups is 1. The summed E-state index contributed by atoms with van der Waals surface area (Å²) in [5.74, 6) is -2.31. The minimum atomic E-state index is -0.753. The third-order valence-electron chi connectivity index (χ3n) is 7.07. The van der Waals surface area contributed by atoms with Crippen LogP contribution in [0, 0.1) is 11.8 Å². The molecular formula is C29H24Cl2N2O5. The van der Waals surface area contributed by atoms with Crippen molar-refractivity contribution in [3.05, 3.63) is 94.0 Å². The molecule has 1 heterocycles. The predicted octanol–water partition coefficient (Wildman–Crippen LogP) is 5.86. The summed E-state index contributed by atoms with van der Waals surface area (Å²) < 4.78 is 5.15. The van der Waals surface area contributed by atoms with Crippen LogP contribution in [-0.4, -0.2) is 30.3 Å². The fourth-order valence-electron chi connectivity index (χ4n) is 5.22. The van der Waals surface area contributed by atoms with E-state index in [1.807, 2.05) is 18.2 Å². The van der Waals surface area contributed by atoms with Crippen molar-refractivity contribution in [1.82, 2.24) is 0 Å². The Morgan fingerprint density at radius 1 is 0.868 bits per heavy atom. The predicted molar refractivity (Wildman–Crippen MR) is 144 cm³/mol. The molecule has 1 saturated heterocycles. The second-order valence-electron chi connectivity index (χ2n) is 9.45. The smallest absolute Gasteiger partial charge is 0.338 e. The fourth-order valence-corrected chi connectivity index (χ4v) is 5.52. The molecule has 38 heavy (non-hydrogen) atoms. The molecule has 194 valence electrons. The summed E-state index contributed by atoms with van der Waals surface area (Å²) in [6, 6.07) is 20.8. The van der Waals surface area contributed by atoms with E-state index in [0.29, 0.717) is 29.2 Å². The minimum Gasteiger partial charge on any atom is -0.452 e. The van der Waals surface area contributed by atoms with Crippen LogP contribution in [0.4, 0.5) is 11.4 Å². The first-order valence-corrected chi connectivity index (χ1v) is 13.0. The zero-order chi connectivity index (χ0) is 26.8. The lowest BCUT2D eigenvalue weighted by Gasteiger charge is -2.28. The number of carbonyl (C=O) groups excluding carboxylic acids is 4. The molecule has 9 heteroatoms. The fraction of sp³-hybridized carbons (Fsp3) is 0.241. The molecule has 7 nitrogen and oxygen atoms in total. The van der Waals surface area contributed by atoms with Gasteiger partial charge in [0, 0.05) is 5.69 Å². The molecule has 0 spiro atoms. The molecule has 2 aliphatic rings. The number of hydrogen-bond donors (Lipinski definition) is 1. The molecule has 3 amide bonds. The van der Waals surface area contributed by atoms with Crippen molar-refractivity contribution < 1.29 is 23.9 Å². The van der Waals surface area contributed by atoms with Gasteiger partial charge >= 0.3 is 5.97 Å². The quantitative estimate of drug-likeness (QED) is 0.306. The normalized spacial score (nSPS) is 20.7. The van der Waals surface area contributed by atoms with E-state index in [9.17, 15) is 19.2 Å². The molecule has 1 aliphatic carbocycles. The van der Waals surface area contributed by atoms with E-state index in [2.05, 4.69) is 17.4 Å². The first kappa shape index (κ1) is 25.9. The number of benzene rings is 3. The van der Waals surface area contributed by atoms with Gasteiger partial charge in [-0.2, -0.15) is 0 Å². The van der Waals surface area contributed by atoms with Crippen LogP contribution < -0.4 is 10.2 Å². The van der Waals surface area contributed by atoms with Crippen molar-refractivity contribution >= 4 is 58.3 Å². The Kier molecular flexibility index (Phi) is 7.49. The summed E-state index contributed by atoms with van der Waals surface area (Å²) in [5.41, 5.74) is 2.03. The van der Waals surface area contributed by atoms with E-state index in [-0.39, 0.29) is 40.2 Å². The van der Waals surface area contributed by atoms with E-state index in [1.54, 1.807) is 18.2 Å². The maximum atomic E-state index is 13.4. The standard InChI is InChI=1S/C29H24Cl2N2O5/c30-24-12-10-20(15-25(24)31)32-26(34)16-38-29(37)19-7-4-8-21(13-19)33-27(35)22-11-9-18(14-23(22)28(33)36)17-5-2-1-3-6-17/h1-8,10,12-13,15,18,22-23H,9,11,14,16H2,(H,32,34)/t18-,22-,23+/m1/s1. The molecule has 1 N–H and O–H groups in total. The highest BCUT2D eigenvalue weighted by Gasteiger charge is 2.50. The van der Waals surface area contributed by atoms with Crippen molar-refractivity contribution in [2.75, 3.05) is 16.8 Å². The lowest BCUT2D eigenvalue weighted by Crippen LogP contribution is -2.31. The van der Waals surface area contributed by atoms with Crippen molar-refractivity contribution in [3.8, 4) is 0 Å². The van der Waals surface area contributed by atoms with Gasteiger partial charge in [0.1, 0.15) is 0 Å². The molecule has 1 saturated carbocycles. The molecule has 1 aliphatic heterocycles. The second kappa shape index (κ2) is 11.0. The molecule has 3 aromatic carbocycles. The van der Waals surface area contributed by atoms with Gasteiger partial charge in [-0.25, -0.2) is 4.79 Å². The highest BCUT2D eigenvalue weighted by atomic mass is 35.5. The molecule has 3 aromatic rings. The van der Waals surface area contributed by atoms with Crippen molar-refractivity contribution in [2.24, 2.45) is 11.8 Å². The number of nitrogens with one attached hydrogen (secondary N) is 1. The monoisotopic (exact) mass is 550 g/mol. The van der Waals surface area contributed by atoms with E-state index in [1.165, 1.54) is 34.7 Å². The highest BCUT2D eigenvalue weighted by Crippen LogP contribution is 2.45. The van der Waals surface area contributed by atoms with Crippen LogP contribution in [0.25, 0.3) is 0 Å². The van der Waals surface area contributed by atoms with Crippen LogP contribution in [0.3, 0.4) is 0 Å². The Morgan fingerprint density at radius 3 is 2.39 bits per heavy atom. The summed E-state index contributed by atoms with van der Waals surface area (Å²) >= 11 is 11.8. The first-order valence-electron chi connectivity index (χ1n) is 12.3. The molecule has 3 atom stereocenters. The number of carbonyl (C=O) groups is 4. The van der Waals surface area contributed by atoms with Gasteiger partial charge in [-0.1, -0.05) is 59.6 Å². The summed E-state index contributed by atoms with van der Waals surface area (Å²) in [4.78, 5) is 52.6. The average molecular weight is 551 g/mol. The molecule has 0 radical (unpaired) electrons. The number of nitrogens with zero attached hydrogens (tertiary/aromatic N) is 1. The van der Waals surface area contributed by atoms with Gasteiger partial charge in [0.05, 0.1) is 33.1 Å². The topological polar surface area (TPSA) is 92.8 Å². The number of fused-ring (bicyclic) bond motifs is 1. The molecule has 5 rings (SSSR count). The van der Waals surface area contributed by atoms with E-state index in [0.717, 1.165) is 6.42 Å². The first-order chi connectivity index (χ1) is 18.3. The van der Waals surface area contributed by atoms with Crippen LogP contribution in [0.5, 0.6) is 0 Å². The van der Waals surface area contributed by atoms with Crippen LogP contribution in [0.1, 0.15) is 41.1 Å². The number of halogens is 2. The number of rotatable bonds is 6. The SMILES string of the molecule is O=C(COC(=O)c1cccc(N2C(=O)[C@H]3C[C@H](c4ccccc4)CC[C@H]3C2=O)c1)Nc1ccc(Cl)c(Cl)c1. The number of esters is 1. The highest BCUT2D eigenvalue weighted by molar-refractivity contribution is 6.42. The van der Waals surface area contributed by atoms with E-state index >= 15 is 0 Å². The van der Waals surface area contributed by atoms with Gasteiger partial charge in [0.2, 0.25) is 11.8 Å². The van der Waals surface area contributed by atoms with Gasteiger partial charge in [0.25, 0.3) is 5.91 Å². The lowest BCUT2D eigenvalue weighted by molar-refractivity contribution is -0.122. The zero-order valence-electron chi connectivity index (χ0n) is 20.2. The van der Waals surface area contributed by atoms with Gasteiger partial charge in [-0.15, -0.1) is 0 Å². The summed E-state index contributed by atoms with van der Waals surface area (Å²) in [6.07, 6.45) is 2.10. The van der Waals surface area contributed by atoms with Crippen molar-refractivity contribution in [2.45, 2.75) is 25.2 Å². The maximum absolute atomic E-state index is 13.4. The van der Waals surface area contributed by atoms with Crippen LogP contribution in [0.2, 0.25) is 10.0 Å². The molecular weight excluding hydrogens is 527 g/mol. The molecule has 2 fully saturated rings. The van der Waals surface area contributed by atoms with E-state index in [4.69, 9.17) is 27.9 Å². The minimum absolute atomic E-state index is 0.127. The number of amides is 3. The van der Waals surface area contributed by atoms with E-state index < -0.39 is 18.5 Å². The Labute approximate surface area is 229 Å². The van der Waals surface area contributed by atoms with Gasteiger partial charge in [0.15, 0.2) is 6.61 Å². The van der Waals surface area contributed by atoms with Crippen LogP contribution in [-0.2, 0) is 19.1 Å². The number of hydrogen-bond acceptors (Lipinski definition) is 5. The Bertz CT molecular complexity index is 1410. The van der Waals surface area contributed by atoms with Crippen molar-refractivity contribution in [3.63, 3.8) is 0 Å². The second-order valence-corrected chi connectivity index (χ2v) is 10.3. The zero-order valence-corrected chi connectivity index (χ0v) is 21.7. The Hall–Kier alpha value is -3.68. The van der Waals surface area contributed by atoms with Gasteiger partial charge in [-0.05, 0) is 67.1 Å². The average Bonchev–Trinajstić information content (AvgIpc) is 3.19. The van der Waals surface area contributed by atoms with Crippen molar-refractivity contribution in [1.29, 1.82) is 0 Å². The Balaban J connectivity index is 1.24. The van der Waals surface area contributed by atoms with Crippen LogP contribution >= 0.6 is 23.2 Å². The third-order valence-corrected chi connectivity index (χ3v) is 7.81. The Morgan fingerprint density at radius 2 is 1.63 bits per heavy atom. The maximum Gasteiger partial charge on any atom is 0.338 e. The van der Waals surface area contributed by atoms with Gasteiger partial charge in [-0.3, -0.25) is 19.3 Å².